The van der Waals surface area contributed by atoms with Crippen LogP contribution in [0.2, 0.25) is 5.02 Å². The Morgan fingerprint density at radius 2 is 1.88 bits per heavy atom. The smallest absolute Gasteiger partial charge is 0.275 e. The fraction of sp³-hybridized carbons (Fsp3) is 0.111. The van der Waals surface area contributed by atoms with Crippen molar-refractivity contribution in [3.63, 3.8) is 0 Å². The van der Waals surface area contributed by atoms with Gasteiger partial charge in [0.2, 0.25) is 0 Å². The number of benzene rings is 2. The highest BCUT2D eigenvalue weighted by Crippen LogP contribution is 2.24. The first-order valence-corrected chi connectivity index (χ1v) is 8.64. The molecule has 2 aromatic carbocycles. The standard InChI is InChI=1S/C18H16ClN3OS/c1-11-3-8-15(12(2)9-11)21-18-22-16(10-24-18)17(23)20-14-6-4-13(19)5-7-14/h3-10H,1-2H3,(H,20,23)(H,21,22). The second-order valence-corrected chi connectivity index (χ2v) is 6.74. The Morgan fingerprint density at radius 3 is 2.58 bits per heavy atom. The second kappa shape index (κ2) is 7.03. The number of thiazole rings is 1. The molecule has 0 atom stereocenters. The van der Waals surface area contributed by atoms with E-state index < -0.39 is 0 Å². The topological polar surface area (TPSA) is 54.0 Å². The third-order valence-corrected chi connectivity index (χ3v) is 4.47. The van der Waals surface area contributed by atoms with Crippen molar-refractivity contribution >= 4 is 45.4 Å². The van der Waals surface area contributed by atoms with Crippen LogP contribution in [0.4, 0.5) is 16.5 Å². The van der Waals surface area contributed by atoms with Gasteiger partial charge in [0.25, 0.3) is 5.91 Å². The van der Waals surface area contributed by atoms with E-state index >= 15 is 0 Å². The number of nitrogens with one attached hydrogen (secondary N) is 2. The first kappa shape index (κ1) is 16.5. The summed E-state index contributed by atoms with van der Waals surface area (Å²) in [5.74, 6) is -0.248. The van der Waals surface area contributed by atoms with E-state index in [0.29, 0.717) is 21.5 Å². The van der Waals surface area contributed by atoms with Gasteiger partial charge in [-0.05, 0) is 49.7 Å². The fourth-order valence-electron chi connectivity index (χ4n) is 2.23. The molecule has 0 unspecified atom stereocenters. The lowest BCUT2D eigenvalue weighted by Crippen LogP contribution is -2.12. The molecule has 0 radical (unpaired) electrons. The van der Waals surface area contributed by atoms with Gasteiger partial charge in [0.15, 0.2) is 5.13 Å². The number of anilines is 3. The van der Waals surface area contributed by atoms with Gasteiger partial charge < -0.3 is 10.6 Å². The predicted octanol–water partition coefficient (Wildman–Crippen LogP) is 5.41. The van der Waals surface area contributed by atoms with Crippen LogP contribution in [-0.2, 0) is 0 Å². The van der Waals surface area contributed by atoms with E-state index in [0.717, 1.165) is 11.3 Å². The number of halogens is 1. The zero-order valence-electron chi connectivity index (χ0n) is 13.3. The normalized spacial score (nSPS) is 10.5. The highest BCUT2D eigenvalue weighted by atomic mass is 35.5. The molecule has 0 aliphatic heterocycles. The zero-order valence-corrected chi connectivity index (χ0v) is 14.8. The van der Waals surface area contributed by atoms with Crippen LogP contribution in [0.1, 0.15) is 21.6 Å². The van der Waals surface area contributed by atoms with Crippen LogP contribution in [0.5, 0.6) is 0 Å². The molecule has 122 valence electrons. The molecule has 3 rings (SSSR count). The lowest BCUT2D eigenvalue weighted by Gasteiger charge is -2.07. The van der Waals surface area contributed by atoms with Crippen LogP contribution < -0.4 is 10.6 Å². The number of aryl methyl sites for hydroxylation is 2. The van der Waals surface area contributed by atoms with Gasteiger partial charge in [-0.3, -0.25) is 4.79 Å². The summed E-state index contributed by atoms with van der Waals surface area (Å²) in [4.78, 5) is 16.6. The summed E-state index contributed by atoms with van der Waals surface area (Å²) < 4.78 is 0. The first-order chi connectivity index (χ1) is 11.5. The van der Waals surface area contributed by atoms with Gasteiger partial charge in [-0.1, -0.05) is 29.3 Å². The average molecular weight is 358 g/mol. The Bertz CT molecular complexity index is 874. The summed E-state index contributed by atoms with van der Waals surface area (Å²) in [6.45, 7) is 4.09. The number of rotatable bonds is 4. The Labute approximate surface area is 149 Å². The molecule has 6 heteroatoms. The first-order valence-electron chi connectivity index (χ1n) is 7.38. The molecule has 2 N–H and O–H groups in total. The number of carbonyl (C=O) groups excluding carboxylic acids is 1. The van der Waals surface area contributed by atoms with E-state index in [2.05, 4.69) is 28.6 Å². The number of nitrogens with zero attached hydrogens (tertiary/aromatic N) is 1. The Balaban J connectivity index is 1.70. The maximum absolute atomic E-state index is 12.2. The molecule has 3 aromatic rings. The van der Waals surface area contributed by atoms with Gasteiger partial charge >= 0.3 is 0 Å². The van der Waals surface area contributed by atoms with Crippen molar-refractivity contribution in [2.75, 3.05) is 10.6 Å². The summed E-state index contributed by atoms with van der Waals surface area (Å²) in [6.07, 6.45) is 0. The molecule has 0 fully saturated rings. The maximum Gasteiger partial charge on any atom is 0.275 e. The fourth-order valence-corrected chi connectivity index (χ4v) is 3.06. The van der Waals surface area contributed by atoms with E-state index in [1.54, 1.807) is 29.6 Å². The minimum atomic E-state index is -0.248. The molecule has 1 aromatic heterocycles. The van der Waals surface area contributed by atoms with Gasteiger partial charge in [-0.25, -0.2) is 4.98 Å². The molecule has 0 aliphatic rings. The molecular weight excluding hydrogens is 342 g/mol. The molecule has 0 bridgehead atoms. The molecule has 1 heterocycles. The molecule has 1 amide bonds. The average Bonchev–Trinajstić information content (AvgIpc) is 3.01. The van der Waals surface area contributed by atoms with E-state index in [4.69, 9.17) is 11.6 Å². The summed E-state index contributed by atoms with van der Waals surface area (Å²) in [5, 5.41) is 9.10. The van der Waals surface area contributed by atoms with Crippen molar-refractivity contribution in [2.45, 2.75) is 13.8 Å². The van der Waals surface area contributed by atoms with Crippen LogP contribution in [0, 0.1) is 13.8 Å². The lowest BCUT2D eigenvalue weighted by atomic mass is 10.1. The largest absolute Gasteiger partial charge is 0.331 e. The molecule has 0 spiro atoms. The third-order valence-electron chi connectivity index (χ3n) is 3.46. The Hall–Kier alpha value is -2.37. The van der Waals surface area contributed by atoms with E-state index in [1.807, 2.05) is 19.1 Å². The summed E-state index contributed by atoms with van der Waals surface area (Å²) in [5.41, 5.74) is 4.39. The number of amides is 1. The van der Waals surface area contributed by atoms with Crippen LogP contribution >= 0.6 is 22.9 Å². The quantitative estimate of drug-likeness (QED) is 0.656. The van der Waals surface area contributed by atoms with Crippen LogP contribution in [-0.4, -0.2) is 10.9 Å². The number of aromatic nitrogens is 1. The van der Waals surface area contributed by atoms with Crippen molar-refractivity contribution in [3.8, 4) is 0 Å². The molecule has 0 saturated carbocycles. The van der Waals surface area contributed by atoms with Crippen molar-refractivity contribution in [1.82, 2.24) is 4.98 Å². The van der Waals surface area contributed by atoms with Gasteiger partial charge in [0, 0.05) is 21.8 Å². The van der Waals surface area contributed by atoms with Crippen molar-refractivity contribution in [3.05, 3.63) is 69.7 Å². The molecular formula is C18H16ClN3OS. The van der Waals surface area contributed by atoms with Crippen molar-refractivity contribution < 1.29 is 4.79 Å². The third kappa shape index (κ3) is 3.93. The minimum absolute atomic E-state index is 0.248. The highest BCUT2D eigenvalue weighted by molar-refractivity contribution is 7.14. The van der Waals surface area contributed by atoms with Crippen molar-refractivity contribution in [1.29, 1.82) is 0 Å². The number of hydrogen-bond acceptors (Lipinski definition) is 4. The maximum atomic E-state index is 12.2. The summed E-state index contributed by atoms with van der Waals surface area (Å²) in [6, 6.07) is 13.1. The lowest BCUT2D eigenvalue weighted by molar-refractivity contribution is 0.102. The predicted molar refractivity (Wildman–Crippen MR) is 101 cm³/mol. The molecule has 24 heavy (non-hydrogen) atoms. The molecule has 4 nitrogen and oxygen atoms in total. The highest BCUT2D eigenvalue weighted by Gasteiger charge is 2.12. The molecule has 0 saturated heterocycles. The van der Waals surface area contributed by atoms with E-state index in [-0.39, 0.29) is 5.91 Å². The monoisotopic (exact) mass is 357 g/mol. The van der Waals surface area contributed by atoms with Crippen molar-refractivity contribution in [2.24, 2.45) is 0 Å². The second-order valence-electron chi connectivity index (χ2n) is 5.44. The van der Waals surface area contributed by atoms with Gasteiger partial charge in [-0.15, -0.1) is 11.3 Å². The minimum Gasteiger partial charge on any atom is -0.331 e. The Morgan fingerprint density at radius 1 is 1.12 bits per heavy atom. The van der Waals surface area contributed by atoms with Crippen LogP contribution in [0.15, 0.2) is 47.8 Å². The van der Waals surface area contributed by atoms with E-state index in [1.165, 1.54) is 16.9 Å². The number of hydrogen-bond donors (Lipinski definition) is 2. The molecule has 0 aliphatic carbocycles. The van der Waals surface area contributed by atoms with Gasteiger partial charge in [-0.2, -0.15) is 0 Å². The summed E-state index contributed by atoms with van der Waals surface area (Å²) in [7, 11) is 0. The van der Waals surface area contributed by atoms with E-state index in [9.17, 15) is 4.79 Å². The van der Waals surface area contributed by atoms with Crippen LogP contribution in [0.25, 0.3) is 0 Å². The SMILES string of the molecule is Cc1ccc(Nc2nc(C(=O)Nc3ccc(Cl)cc3)cs2)c(C)c1. The summed E-state index contributed by atoms with van der Waals surface area (Å²) >= 11 is 7.23. The van der Waals surface area contributed by atoms with Gasteiger partial charge in [0.1, 0.15) is 5.69 Å². The number of carbonyl (C=O) groups is 1. The Kier molecular flexibility index (Phi) is 4.83. The van der Waals surface area contributed by atoms with Crippen LogP contribution in [0.3, 0.4) is 0 Å². The van der Waals surface area contributed by atoms with Gasteiger partial charge in [0.05, 0.1) is 0 Å². The zero-order chi connectivity index (χ0) is 17.1.